The van der Waals surface area contributed by atoms with Gasteiger partial charge < -0.3 is 10.1 Å². The molecule has 4 rings (SSSR count). The number of aliphatic imine (C=N–C) groups is 1. The fraction of sp³-hybridized carbons (Fsp3) is 0.0870. The number of hydrogen-bond donors (Lipinski definition) is 1. The Morgan fingerprint density at radius 2 is 2.03 bits per heavy atom. The van der Waals surface area contributed by atoms with Gasteiger partial charge in [-0.1, -0.05) is 47.6 Å². The number of thioether (sulfide) groups is 1. The molecule has 0 unspecified atom stereocenters. The van der Waals surface area contributed by atoms with Crippen LogP contribution in [-0.2, 0) is 9.59 Å². The van der Waals surface area contributed by atoms with Gasteiger partial charge >= 0.3 is 0 Å². The first-order chi connectivity index (χ1) is 15.5. The number of hydrogen-bond acceptors (Lipinski definition) is 6. The summed E-state index contributed by atoms with van der Waals surface area (Å²) in [4.78, 5) is 32.5. The van der Waals surface area contributed by atoms with E-state index >= 15 is 0 Å². The highest BCUT2D eigenvalue weighted by atomic mass is 35.5. The highest BCUT2D eigenvalue weighted by Gasteiger charge is 2.33. The van der Waals surface area contributed by atoms with Crippen molar-refractivity contribution >= 4 is 69.1 Å². The fourth-order valence-corrected chi connectivity index (χ4v) is 4.69. The molecule has 2 heterocycles. The summed E-state index contributed by atoms with van der Waals surface area (Å²) in [6, 6.07) is 18.1. The van der Waals surface area contributed by atoms with Crippen LogP contribution in [0.1, 0.15) is 4.88 Å². The van der Waals surface area contributed by atoms with Crippen molar-refractivity contribution in [2.45, 2.75) is 0 Å². The molecule has 1 N–H and O–H groups in total. The molecule has 0 aliphatic carbocycles. The van der Waals surface area contributed by atoms with Crippen molar-refractivity contribution in [1.82, 2.24) is 0 Å². The summed E-state index contributed by atoms with van der Waals surface area (Å²) in [6.45, 7) is 0. The highest BCUT2D eigenvalue weighted by Crippen LogP contribution is 2.34. The maximum atomic E-state index is 13.2. The van der Waals surface area contributed by atoms with Gasteiger partial charge in [0.2, 0.25) is 5.91 Å². The van der Waals surface area contributed by atoms with Crippen molar-refractivity contribution in [1.29, 1.82) is 0 Å². The van der Waals surface area contributed by atoms with Crippen LogP contribution in [0.25, 0.3) is 6.08 Å². The molecule has 0 spiro atoms. The van der Waals surface area contributed by atoms with Crippen molar-refractivity contribution < 1.29 is 14.3 Å². The number of benzene rings is 2. The molecule has 32 heavy (non-hydrogen) atoms. The second-order valence-corrected chi connectivity index (χ2v) is 8.93. The van der Waals surface area contributed by atoms with E-state index in [1.807, 2.05) is 47.8 Å². The lowest BCUT2D eigenvalue weighted by molar-refractivity contribution is -0.114. The topological polar surface area (TPSA) is 71.0 Å². The molecule has 2 aromatic carbocycles. The number of halogens is 1. The van der Waals surface area contributed by atoms with Crippen molar-refractivity contribution in [2.24, 2.45) is 4.99 Å². The van der Waals surface area contributed by atoms with Gasteiger partial charge in [-0.25, -0.2) is 4.99 Å². The molecule has 0 saturated carbocycles. The number of nitrogens with one attached hydrogen (secondary N) is 1. The van der Waals surface area contributed by atoms with Crippen LogP contribution >= 0.6 is 34.7 Å². The van der Waals surface area contributed by atoms with Gasteiger partial charge in [-0.15, -0.1) is 11.3 Å². The van der Waals surface area contributed by atoms with Crippen molar-refractivity contribution in [3.8, 4) is 5.75 Å². The Bertz CT molecular complexity index is 1190. The van der Waals surface area contributed by atoms with Gasteiger partial charge in [-0.3, -0.25) is 14.5 Å². The molecule has 9 heteroatoms. The van der Waals surface area contributed by atoms with Gasteiger partial charge in [0, 0.05) is 10.6 Å². The summed E-state index contributed by atoms with van der Waals surface area (Å²) < 4.78 is 5.21. The SMILES string of the molecule is COc1ccc(N2C(=O)C(=Cc3cccs3)N=C2SCC(=O)Nc2ccccc2)cc1Cl. The molecule has 0 bridgehead atoms. The molecule has 1 aliphatic heterocycles. The monoisotopic (exact) mass is 483 g/mol. The number of carbonyl (C=O) groups is 2. The summed E-state index contributed by atoms with van der Waals surface area (Å²) in [6.07, 6.45) is 1.74. The van der Waals surface area contributed by atoms with E-state index in [-0.39, 0.29) is 17.6 Å². The molecule has 3 aromatic rings. The summed E-state index contributed by atoms with van der Waals surface area (Å²) in [5, 5.41) is 5.54. The number of nitrogens with zero attached hydrogens (tertiary/aromatic N) is 2. The van der Waals surface area contributed by atoms with E-state index in [0.717, 1.165) is 4.88 Å². The third kappa shape index (κ3) is 5.04. The number of para-hydroxylation sites is 1. The maximum absolute atomic E-state index is 13.2. The Labute approximate surface area is 198 Å². The van der Waals surface area contributed by atoms with E-state index in [1.165, 1.54) is 35.1 Å². The first-order valence-electron chi connectivity index (χ1n) is 9.55. The zero-order chi connectivity index (χ0) is 22.5. The molecule has 0 radical (unpaired) electrons. The van der Waals surface area contributed by atoms with Crippen LogP contribution in [0.4, 0.5) is 11.4 Å². The number of rotatable bonds is 6. The summed E-state index contributed by atoms with van der Waals surface area (Å²) >= 11 is 8.98. The molecule has 1 aromatic heterocycles. The Hall–Kier alpha value is -3.07. The molecule has 2 amide bonds. The Kier molecular flexibility index (Phi) is 6.94. The summed E-state index contributed by atoms with van der Waals surface area (Å²) in [5.74, 6) is 0.114. The Balaban J connectivity index is 1.58. The smallest absolute Gasteiger partial charge is 0.283 e. The van der Waals surface area contributed by atoms with Gasteiger partial charge in [0.15, 0.2) is 5.17 Å². The molecular formula is C23H18ClN3O3S2. The lowest BCUT2D eigenvalue weighted by atomic mass is 10.2. The Morgan fingerprint density at radius 3 is 2.72 bits per heavy atom. The van der Waals surface area contributed by atoms with Crippen LogP contribution < -0.4 is 15.0 Å². The predicted octanol–water partition coefficient (Wildman–Crippen LogP) is 5.53. The van der Waals surface area contributed by atoms with E-state index in [2.05, 4.69) is 10.3 Å². The number of thiophene rings is 1. The molecule has 0 saturated heterocycles. The second-order valence-electron chi connectivity index (χ2n) is 6.60. The molecular weight excluding hydrogens is 466 g/mol. The molecule has 162 valence electrons. The minimum Gasteiger partial charge on any atom is -0.495 e. The van der Waals surface area contributed by atoms with Crippen LogP contribution in [0.2, 0.25) is 5.02 Å². The molecule has 6 nitrogen and oxygen atoms in total. The zero-order valence-electron chi connectivity index (χ0n) is 16.9. The third-order valence-electron chi connectivity index (χ3n) is 4.44. The third-order valence-corrected chi connectivity index (χ3v) is 6.49. The van der Waals surface area contributed by atoms with E-state index in [1.54, 1.807) is 24.3 Å². The van der Waals surface area contributed by atoms with Gasteiger partial charge in [0.05, 0.1) is 23.6 Å². The van der Waals surface area contributed by atoms with Crippen LogP contribution in [0.5, 0.6) is 5.75 Å². The average Bonchev–Trinajstić information content (AvgIpc) is 3.41. The van der Waals surface area contributed by atoms with Gasteiger partial charge in [-0.05, 0) is 47.9 Å². The van der Waals surface area contributed by atoms with Gasteiger partial charge in [0.1, 0.15) is 11.4 Å². The normalized spacial score (nSPS) is 14.6. The van der Waals surface area contributed by atoms with E-state index in [9.17, 15) is 9.59 Å². The van der Waals surface area contributed by atoms with Crippen molar-refractivity contribution in [3.05, 3.63) is 81.6 Å². The average molecular weight is 484 g/mol. The molecule has 0 fully saturated rings. The van der Waals surface area contributed by atoms with E-state index in [0.29, 0.717) is 33.0 Å². The van der Waals surface area contributed by atoms with E-state index in [4.69, 9.17) is 16.3 Å². The highest BCUT2D eigenvalue weighted by molar-refractivity contribution is 8.14. The Morgan fingerprint density at radius 1 is 1.22 bits per heavy atom. The lowest BCUT2D eigenvalue weighted by Crippen LogP contribution is -2.31. The number of methoxy groups -OCH3 is 1. The summed E-state index contributed by atoms with van der Waals surface area (Å²) in [5.41, 5.74) is 1.55. The predicted molar refractivity (Wildman–Crippen MR) is 133 cm³/mol. The van der Waals surface area contributed by atoms with Crippen LogP contribution in [-0.4, -0.2) is 29.8 Å². The minimum absolute atomic E-state index is 0.0909. The van der Waals surface area contributed by atoms with E-state index < -0.39 is 0 Å². The second kappa shape index (κ2) is 10.0. The number of carbonyl (C=O) groups excluding carboxylic acids is 2. The van der Waals surface area contributed by atoms with Crippen LogP contribution in [0, 0.1) is 0 Å². The minimum atomic E-state index is -0.286. The van der Waals surface area contributed by atoms with Crippen molar-refractivity contribution in [3.63, 3.8) is 0 Å². The number of amidine groups is 1. The largest absolute Gasteiger partial charge is 0.495 e. The number of anilines is 2. The zero-order valence-corrected chi connectivity index (χ0v) is 19.3. The quantitative estimate of drug-likeness (QED) is 0.468. The van der Waals surface area contributed by atoms with Crippen molar-refractivity contribution in [2.75, 3.05) is 23.1 Å². The van der Waals surface area contributed by atoms with Crippen LogP contribution in [0.15, 0.2) is 76.7 Å². The number of ether oxygens (including phenoxy) is 1. The number of amides is 2. The first-order valence-corrected chi connectivity index (χ1v) is 11.8. The van der Waals surface area contributed by atoms with Crippen LogP contribution in [0.3, 0.4) is 0 Å². The first kappa shape index (κ1) is 22.1. The molecule has 0 atom stereocenters. The molecule has 1 aliphatic rings. The lowest BCUT2D eigenvalue weighted by Gasteiger charge is -2.18. The fourth-order valence-electron chi connectivity index (χ4n) is 2.97. The standard InChI is InChI=1S/C23H18ClN3O3S2/c1-30-20-10-9-16(12-18(20)24)27-22(29)19(13-17-8-5-11-31-17)26-23(27)32-14-21(28)25-15-6-3-2-4-7-15/h2-13H,14H2,1H3,(H,25,28). The summed E-state index contributed by atoms with van der Waals surface area (Å²) in [7, 11) is 1.53. The van der Waals surface area contributed by atoms with Gasteiger partial charge in [0.25, 0.3) is 5.91 Å². The maximum Gasteiger partial charge on any atom is 0.283 e. The van der Waals surface area contributed by atoms with Gasteiger partial charge in [-0.2, -0.15) is 0 Å².